The topological polar surface area (TPSA) is 76.8 Å². The maximum atomic E-state index is 5.31. The van der Waals surface area contributed by atoms with Crippen LogP contribution in [-0.4, -0.2) is 11.7 Å². The Morgan fingerprint density at radius 3 is 2.35 bits per heavy atom. The van der Waals surface area contributed by atoms with Crippen molar-refractivity contribution in [1.82, 2.24) is 0 Å². The molecule has 0 aromatic heterocycles. The van der Waals surface area contributed by atoms with Gasteiger partial charge in [-0.15, -0.1) is 5.10 Å². The van der Waals surface area contributed by atoms with Crippen molar-refractivity contribution in [1.29, 1.82) is 0 Å². The first-order chi connectivity index (χ1) is 8.08. The molecular formula is C13H18N4. The maximum absolute atomic E-state index is 5.31. The van der Waals surface area contributed by atoms with Gasteiger partial charge < -0.3 is 11.5 Å². The molecule has 0 saturated heterocycles. The molecule has 0 radical (unpaired) electrons. The molecule has 1 aromatic carbocycles. The molecule has 4 heteroatoms. The molecule has 1 aromatic rings. The average molecular weight is 230 g/mol. The van der Waals surface area contributed by atoms with E-state index in [1.54, 1.807) is 0 Å². The summed E-state index contributed by atoms with van der Waals surface area (Å²) in [7, 11) is 0. The van der Waals surface area contributed by atoms with Crippen LogP contribution >= 0.6 is 0 Å². The second kappa shape index (κ2) is 4.57. The van der Waals surface area contributed by atoms with E-state index in [9.17, 15) is 0 Å². The summed E-state index contributed by atoms with van der Waals surface area (Å²) in [6.45, 7) is 4.20. The maximum Gasteiger partial charge on any atom is 0.211 e. The van der Waals surface area contributed by atoms with Crippen molar-refractivity contribution >= 4 is 11.7 Å². The SMILES string of the molecule is Cc1ccc(C(=NN=C(N)N)C2CC2)cc1C. The van der Waals surface area contributed by atoms with Gasteiger partial charge in [0.05, 0.1) is 5.71 Å². The normalized spacial score (nSPS) is 15.8. The van der Waals surface area contributed by atoms with Gasteiger partial charge in [0, 0.05) is 5.92 Å². The van der Waals surface area contributed by atoms with Crippen LogP contribution in [-0.2, 0) is 0 Å². The molecule has 0 spiro atoms. The molecule has 17 heavy (non-hydrogen) atoms. The van der Waals surface area contributed by atoms with Crippen LogP contribution in [0.4, 0.5) is 0 Å². The van der Waals surface area contributed by atoms with Crippen LogP contribution in [0.15, 0.2) is 28.4 Å². The zero-order valence-corrected chi connectivity index (χ0v) is 10.3. The standard InChI is InChI=1S/C13H18N4/c1-8-3-4-11(7-9(8)2)12(10-5-6-10)16-17-13(14)15/h3-4,7,10H,5-6H2,1-2H3,(H4,14,15,17). The monoisotopic (exact) mass is 230 g/mol. The predicted octanol–water partition coefficient (Wildman–Crippen LogP) is 1.69. The van der Waals surface area contributed by atoms with Crippen LogP contribution in [0.5, 0.6) is 0 Å². The molecule has 1 saturated carbocycles. The van der Waals surface area contributed by atoms with E-state index in [-0.39, 0.29) is 5.96 Å². The van der Waals surface area contributed by atoms with Crippen LogP contribution in [0.1, 0.15) is 29.5 Å². The molecule has 0 unspecified atom stereocenters. The third kappa shape index (κ3) is 2.84. The summed E-state index contributed by atoms with van der Waals surface area (Å²) in [5.74, 6) is 0.521. The van der Waals surface area contributed by atoms with Crippen molar-refractivity contribution in [3.63, 3.8) is 0 Å². The highest BCUT2D eigenvalue weighted by Crippen LogP contribution is 2.33. The lowest BCUT2D eigenvalue weighted by atomic mass is 10.0. The van der Waals surface area contributed by atoms with Crippen molar-refractivity contribution in [2.45, 2.75) is 26.7 Å². The zero-order valence-electron chi connectivity index (χ0n) is 10.3. The highest BCUT2D eigenvalue weighted by Gasteiger charge is 2.28. The Bertz CT molecular complexity index is 480. The third-order valence-corrected chi connectivity index (χ3v) is 3.04. The molecule has 0 atom stereocenters. The number of nitrogens with zero attached hydrogens (tertiary/aromatic N) is 2. The van der Waals surface area contributed by atoms with Gasteiger partial charge in [-0.3, -0.25) is 0 Å². The van der Waals surface area contributed by atoms with E-state index >= 15 is 0 Å². The lowest BCUT2D eigenvalue weighted by Gasteiger charge is -2.06. The lowest BCUT2D eigenvalue weighted by molar-refractivity contribution is 1.11. The zero-order chi connectivity index (χ0) is 12.4. The van der Waals surface area contributed by atoms with E-state index in [4.69, 9.17) is 11.5 Å². The third-order valence-electron chi connectivity index (χ3n) is 3.04. The van der Waals surface area contributed by atoms with Gasteiger partial charge in [0.15, 0.2) is 0 Å². The van der Waals surface area contributed by atoms with E-state index in [0.717, 1.165) is 11.3 Å². The summed E-state index contributed by atoms with van der Waals surface area (Å²) in [4.78, 5) is 0. The van der Waals surface area contributed by atoms with Gasteiger partial charge in [0.25, 0.3) is 0 Å². The molecule has 1 aliphatic carbocycles. The van der Waals surface area contributed by atoms with Gasteiger partial charge in [-0.2, -0.15) is 5.10 Å². The molecule has 0 aliphatic heterocycles. The minimum absolute atomic E-state index is 0.00647. The predicted molar refractivity (Wildman–Crippen MR) is 71.0 cm³/mol. The Balaban J connectivity index is 2.36. The summed E-state index contributed by atoms with van der Waals surface area (Å²) in [6.07, 6.45) is 2.34. The van der Waals surface area contributed by atoms with Gasteiger partial charge in [0.2, 0.25) is 5.96 Å². The Kier molecular flexibility index (Phi) is 3.13. The Morgan fingerprint density at radius 1 is 1.12 bits per heavy atom. The van der Waals surface area contributed by atoms with Crippen LogP contribution in [0, 0.1) is 19.8 Å². The van der Waals surface area contributed by atoms with Crippen LogP contribution in [0.25, 0.3) is 0 Å². The van der Waals surface area contributed by atoms with Crippen LogP contribution in [0.3, 0.4) is 0 Å². The Labute approximate surface area is 101 Å². The molecule has 0 bridgehead atoms. The summed E-state index contributed by atoms with van der Waals surface area (Å²) in [6, 6.07) is 6.34. The van der Waals surface area contributed by atoms with E-state index in [2.05, 4.69) is 42.2 Å². The Hall–Kier alpha value is -1.84. The van der Waals surface area contributed by atoms with Gasteiger partial charge in [-0.05, 0) is 49.4 Å². The van der Waals surface area contributed by atoms with Crippen molar-refractivity contribution in [3.8, 4) is 0 Å². The minimum atomic E-state index is 0.00647. The number of hydrogen-bond acceptors (Lipinski definition) is 2. The number of hydrogen-bond donors (Lipinski definition) is 2. The number of rotatable bonds is 3. The summed E-state index contributed by atoms with van der Waals surface area (Å²) >= 11 is 0. The molecule has 0 heterocycles. The van der Waals surface area contributed by atoms with Crippen molar-refractivity contribution in [2.75, 3.05) is 0 Å². The van der Waals surface area contributed by atoms with E-state index in [0.29, 0.717) is 5.92 Å². The van der Waals surface area contributed by atoms with Gasteiger partial charge in [0.1, 0.15) is 0 Å². The average Bonchev–Trinajstić information content (AvgIpc) is 3.07. The molecule has 90 valence electrons. The summed E-state index contributed by atoms with van der Waals surface area (Å²) in [5.41, 5.74) is 15.3. The number of benzene rings is 1. The molecule has 2 rings (SSSR count). The van der Waals surface area contributed by atoms with Crippen molar-refractivity contribution in [2.24, 2.45) is 27.6 Å². The minimum Gasteiger partial charge on any atom is -0.369 e. The Morgan fingerprint density at radius 2 is 1.82 bits per heavy atom. The van der Waals surface area contributed by atoms with Gasteiger partial charge >= 0.3 is 0 Å². The van der Waals surface area contributed by atoms with E-state index < -0.39 is 0 Å². The lowest BCUT2D eigenvalue weighted by Crippen LogP contribution is -2.22. The first-order valence-electron chi connectivity index (χ1n) is 5.82. The van der Waals surface area contributed by atoms with E-state index in [1.807, 2.05) is 0 Å². The van der Waals surface area contributed by atoms with Crippen molar-refractivity contribution < 1.29 is 0 Å². The quantitative estimate of drug-likeness (QED) is 0.471. The number of guanidine groups is 1. The first-order valence-corrected chi connectivity index (χ1v) is 5.82. The van der Waals surface area contributed by atoms with Crippen LogP contribution < -0.4 is 11.5 Å². The van der Waals surface area contributed by atoms with Crippen molar-refractivity contribution in [3.05, 3.63) is 34.9 Å². The van der Waals surface area contributed by atoms with Gasteiger partial charge in [-0.25, -0.2) is 0 Å². The molecular weight excluding hydrogens is 212 g/mol. The molecule has 4 nitrogen and oxygen atoms in total. The van der Waals surface area contributed by atoms with Crippen LogP contribution in [0.2, 0.25) is 0 Å². The molecule has 0 amide bonds. The molecule has 1 fully saturated rings. The second-order valence-electron chi connectivity index (χ2n) is 4.58. The fourth-order valence-electron chi connectivity index (χ4n) is 1.74. The second-order valence-corrected chi connectivity index (χ2v) is 4.58. The fourth-order valence-corrected chi connectivity index (χ4v) is 1.74. The molecule has 1 aliphatic rings. The van der Waals surface area contributed by atoms with E-state index in [1.165, 1.54) is 24.0 Å². The number of aryl methyl sites for hydroxylation is 2. The fraction of sp³-hybridized carbons (Fsp3) is 0.385. The molecule has 4 N–H and O–H groups in total. The highest BCUT2D eigenvalue weighted by atomic mass is 15.3. The summed E-state index contributed by atoms with van der Waals surface area (Å²) in [5, 5.41) is 7.96. The summed E-state index contributed by atoms with van der Waals surface area (Å²) < 4.78 is 0. The smallest absolute Gasteiger partial charge is 0.211 e. The number of nitrogens with two attached hydrogens (primary N) is 2. The highest BCUT2D eigenvalue weighted by molar-refractivity contribution is 6.04. The largest absolute Gasteiger partial charge is 0.369 e. The first kappa shape index (κ1) is 11.6. The van der Waals surface area contributed by atoms with Gasteiger partial charge in [-0.1, -0.05) is 12.1 Å².